The molecule has 1 heterocycles. The first-order valence-corrected chi connectivity index (χ1v) is 11.0. The molecule has 1 aromatic carbocycles. The van der Waals surface area contributed by atoms with Crippen molar-refractivity contribution in [2.45, 2.75) is 26.0 Å². The topological polar surface area (TPSA) is 83.9 Å². The third-order valence-electron chi connectivity index (χ3n) is 3.79. The van der Waals surface area contributed by atoms with Crippen molar-refractivity contribution >= 4 is 52.1 Å². The van der Waals surface area contributed by atoms with Crippen LogP contribution >= 0.6 is 35.1 Å². The van der Waals surface area contributed by atoms with Gasteiger partial charge in [-0.15, -0.1) is 18.3 Å². The summed E-state index contributed by atoms with van der Waals surface area (Å²) in [5, 5.41) is 9.50. The van der Waals surface area contributed by atoms with E-state index in [1.54, 1.807) is 51.1 Å². The standard InChI is InChI=1S/C20H22ClNO5S2/c1-5-10-28-14-11-22(16(14)23)15(17(24)25)18(29-19(26)20(2,3)4)27-13-8-6-12(21)7-9-13/h5-9,14H,1,10-11H2,2-4H3,(H,24,25). The highest BCUT2D eigenvalue weighted by Gasteiger charge is 2.43. The molecule has 1 aliphatic rings. The van der Waals surface area contributed by atoms with Crippen LogP contribution in [0.4, 0.5) is 0 Å². The minimum absolute atomic E-state index is 0.153. The average molecular weight is 456 g/mol. The van der Waals surface area contributed by atoms with E-state index in [9.17, 15) is 19.5 Å². The van der Waals surface area contributed by atoms with E-state index in [0.717, 1.165) is 4.90 Å². The number of nitrogens with zero attached hydrogens (tertiary/aromatic N) is 1. The number of carbonyl (C=O) groups is 3. The number of likely N-dealkylation sites (tertiary alicyclic amines) is 1. The minimum atomic E-state index is -1.34. The van der Waals surface area contributed by atoms with E-state index in [0.29, 0.717) is 28.3 Å². The first-order valence-electron chi connectivity index (χ1n) is 8.71. The van der Waals surface area contributed by atoms with Crippen LogP contribution in [0.15, 0.2) is 47.7 Å². The third-order valence-corrected chi connectivity index (χ3v) is 6.49. The van der Waals surface area contributed by atoms with Gasteiger partial charge in [-0.1, -0.05) is 38.4 Å². The number of hydrogen-bond acceptors (Lipinski definition) is 6. The summed E-state index contributed by atoms with van der Waals surface area (Å²) in [7, 11) is 0. The Morgan fingerprint density at radius 3 is 2.45 bits per heavy atom. The molecular formula is C20H22ClNO5S2. The summed E-state index contributed by atoms with van der Waals surface area (Å²) in [5.74, 6) is -0.788. The second-order valence-electron chi connectivity index (χ2n) is 7.20. The van der Waals surface area contributed by atoms with Crippen LogP contribution in [0, 0.1) is 5.41 Å². The summed E-state index contributed by atoms with van der Waals surface area (Å²) in [6.45, 7) is 9.00. The number of ether oxygens (including phenoxy) is 1. The Morgan fingerprint density at radius 2 is 1.97 bits per heavy atom. The van der Waals surface area contributed by atoms with Crippen molar-refractivity contribution in [3.63, 3.8) is 0 Å². The third kappa shape index (κ3) is 6.04. The van der Waals surface area contributed by atoms with Gasteiger partial charge in [0.1, 0.15) is 11.0 Å². The van der Waals surface area contributed by atoms with Crippen molar-refractivity contribution in [1.29, 1.82) is 0 Å². The van der Waals surface area contributed by atoms with E-state index < -0.39 is 11.4 Å². The molecule has 0 radical (unpaired) electrons. The lowest BCUT2D eigenvalue weighted by Crippen LogP contribution is -2.55. The van der Waals surface area contributed by atoms with Crippen molar-refractivity contribution in [3.05, 3.63) is 52.7 Å². The second-order valence-corrected chi connectivity index (χ2v) is 9.81. The fourth-order valence-electron chi connectivity index (χ4n) is 2.18. The Bertz CT molecular complexity index is 845. The molecule has 1 aliphatic heterocycles. The van der Waals surface area contributed by atoms with Gasteiger partial charge in [0.25, 0.3) is 0 Å². The van der Waals surface area contributed by atoms with Gasteiger partial charge in [-0.3, -0.25) is 14.5 Å². The SMILES string of the molecule is C=CCSC1CN(C(C(=O)O)=C(Oc2ccc(Cl)cc2)SC(=O)C(C)(C)C)C1=O. The maximum absolute atomic E-state index is 12.6. The molecule has 0 bridgehead atoms. The lowest BCUT2D eigenvalue weighted by atomic mass is 10.00. The van der Waals surface area contributed by atoms with E-state index >= 15 is 0 Å². The zero-order chi connectivity index (χ0) is 21.8. The molecule has 2 rings (SSSR count). The van der Waals surface area contributed by atoms with Crippen molar-refractivity contribution in [2.75, 3.05) is 12.3 Å². The molecule has 1 fully saturated rings. The van der Waals surface area contributed by atoms with Gasteiger partial charge in [0, 0.05) is 22.7 Å². The van der Waals surface area contributed by atoms with E-state index in [1.807, 2.05) is 0 Å². The number of benzene rings is 1. The van der Waals surface area contributed by atoms with Crippen LogP contribution in [0.25, 0.3) is 0 Å². The number of halogens is 1. The number of carbonyl (C=O) groups excluding carboxylic acids is 2. The smallest absolute Gasteiger partial charge is 0.357 e. The van der Waals surface area contributed by atoms with E-state index in [4.69, 9.17) is 16.3 Å². The Hall–Kier alpha value is -1.90. The number of carboxylic acids is 1. The maximum Gasteiger partial charge on any atom is 0.357 e. The van der Waals surface area contributed by atoms with Crippen LogP contribution in [-0.2, 0) is 14.4 Å². The summed E-state index contributed by atoms with van der Waals surface area (Å²) in [4.78, 5) is 38.2. The molecule has 1 aromatic rings. The lowest BCUT2D eigenvalue weighted by Gasteiger charge is -2.38. The first kappa shape index (κ1) is 23.4. The van der Waals surface area contributed by atoms with Crippen LogP contribution in [0.3, 0.4) is 0 Å². The highest BCUT2D eigenvalue weighted by atomic mass is 35.5. The molecule has 0 aliphatic carbocycles. The second kappa shape index (κ2) is 9.73. The van der Waals surface area contributed by atoms with Crippen molar-refractivity contribution in [2.24, 2.45) is 5.41 Å². The minimum Gasteiger partial charge on any atom is -0.476 e. The number of aliphatic carboxylic acids is 1. The summed E-state index contributed by atoms with van der Waals surface area (Å²) in [5.41, 5.74) is -1.08. The number of β-lactam (4-membered cyclic amide) rings is 1. The molecular weight excluding hydrogens is 434 g/mol. The normalized spacial score (nSPS) is 17.3. The van der Waals surface area contributed by atoms with E-state index in [1.165, 1.54) is 11.8 Å². The maximum atomic E-state index is 12.6. The largest absolute Gasteiger partial charge is 0.476 e. The molecule has 29 heavy (non-hydrogen) atoms. The fraction of sp³-hybridized carbons (Fsp3) is 0.350. The van der Waals surface area contributed by atoms with Gasteiger partial charge < -0.3 is 9.84 Å². The van der Waals surface area contributed by atoms with Crippen LogP contribution in [-0.4, -0.2) is 44.5 Å². The van der Waals surface area contributed by atoms with Crippen molar-refractivity contribution in [1.82, 2.24) is 4.90 Å². The predicted octanol–water partition coefficient (Wildman–Crippen LogP) is 4.41. The van der Waals surface area contributed by atoms with Gasteiger partial charge in [-0.05, 0) is 36.0 Å². The molecule has 0 spiro atoms. The van der Waals surface area contributed by atoms with Crippen molar-refractivity contribution < 1.29 is 24.2 Å². The van der Waals surface area contributed by atoms with Gasteiger partial charge in [0.15, 0.2) is 10.8 Å². The highest BCUT2D eigenvalue weighted by Crippen LogP contribution is 2.36. The van der Waals surface area contributed by atoms with Crippen LogP contribution in [0.2, 0.25) is 5.02 Å². The number of thioether (sulfide) groups is 2. The molecule has 1 unspecified atom stereocenters. The Kier molecular flexibility index (Phi) is 7.85. The van der Waals surface area contributed by atoms with Crippen LogP contribution in [0.5, 0.6) is 5.75 Å². The van der Waals surface area contributed by atoms with E-state index in [2.05, 4.69) is 6.58 Å². The molecule has 156 valence electrons. The van der Waals surface area contributed by atoms with Crippen molar-refractivity contribution in [3.8, 4) is 5.75 Å². The van der Waals surface area contributed by atoms with Gasteiger partial charge in [-0.25, -0.2) is 4.79 Å². The zero-order valence-corrected chi connectivity index (χ0v) is 18.7. The number of carboxylic acid groups (broad SMARTS) is 1. The molecule has 6 nitrogen and oxygen atoms in total. The lowest BCUT2D eigenvalue weighted by molar-refractivity contribution is -0.144. The Morgan fingerprint density at radius 1 is 1.34 bits per heavy atom. The molecule has 1 saturated heterocycles. The molecule has 0 aromatic heterocycles. The summed E-state index contributed by atoms with van der Waals surface area (Å²) >= 11 is 7.94. The van der Waals surface area contributed by atoms with Gasteiger partial charge in [0.05, 0.1) is 0 Å². The van der Waals surface area contributed by atoms with Gasteiger partial charge in [-0.2, -0.15) is 0 Å². The monoisotopic (exact) mass is 455 g/mol. The van der Waals surface area contributed by atoms with Crippen LogP contribution < -0.4 is 4.74 Å². The Balaban J connectivity index is 2.40. The molecule has 0 saturated carbocycles. The summed E-state index contributed by atoms with van der Waals surface area (Å²) in [6, 6.07) is 6.29. The molecule has 1 atom stereocenters. The van der Waals surface area contributed by atoms with E-state index in [-0.39, 0.29) is 33.6 Å². The van der Waals surface area contributed by atoms with Gasteiger partial charge >= 0.3 is 5.97 Å². The first-order chi connectivity index (χ1) is 13.5. The summed E-state index contributed by atoms with van der Waals surface area (Å²) in [6.07, 6.45) is 1.68. The predicted molar refractivity (Wildman–Crippen MR) is 117 cm³/mol. The number of amides is 1. The highest BCUT2D eigenvalue weighted by molar-refractivity contribution is 8.16. The van der Waals surface area contributed by atoms with Gasteiger partial charge in [0.2, 0.25) is 11.0 Å². The summed E-state index contributed by atoms with van der Waals surface area (Å²) < 4.78 is 5.75. The average Bonchev–Trinajstić information content (AvgIpc) is 2.64. The molecule has 9 heteroatoms. The molecule has 1 N–H and O–H groups in total. The Labute approximate surface area is 183 Å². The number of hydrogen-bond donors (Lipinski definition) is 1. The zero-order valence-electron chi connectivity index (χ0n) is 16.3. The quantitative estimate of drug-likeness (QED) is 0.269. The molecule has 1 amide bonds. The van der Waals surface area contributed by atoms with Crippen LogP contribution in [0.1, 0.15) is 20.8 Å². The fourth-order valence-corrected chi connectivity index (χ4v) is 4.11. The number of rotatable bonds is 8.